The largest absolute Gasteiger partial charge is 0.489 e. The summed E-state index contributed by atoms with van der Waals surface area (Å²) in [7, 11) is 0. The van der Waals surface area contributed by atoms with E-state index in [0.29, 0.717) is 0 Å². The van der Waals surface area contributed by atoms with Gasteiger partial charge in [0.1, 0.15) is 11.9 Å². The van der Waals surface area contributed by atoms with Crippen LogP contribution in [-0.4, -0.2) is 12.1 Å². The van der Waals surface area contributed by atoms with Gasteiger partial charge in [-0.2, -0.15) is 0 Å². The van der Waals surface area contributed by atoms with Crippen molar-refractivity contribution < 1.29 is 4.74 Å². The van der Waals surface area contributed by atoms with Crippen LogP contribution in [-0.2, 0) is 6.42 Å². The van der Waals surface area contributed by atoms with Crippen molar-refractivity contribution in [1.82, 2.24) is 0 Å². The number of benzene rings is 1. The molecule has 0 heterocycles. The van der Waals surface area contributed by atoms with Gasteiger partial charge in [0.25, 0.3) is 0 Å². The summed E-state index contributed by atoms with van der Waals surface area (Å²) >= 11 is 0. The first-order valence-corrected chi connectivity index (χ1v) is 6.54. The van der Waals surface area contributed by atoms with E-state index in [2.05, 4.69) is 39.0 Å². The zero-order chi connectivity index (χ0) is 12.5. The average molecular weight is 233 g/mol. The molecule has 0 saturated heterocycles. The summed E-state index contributed by atoms with van der Waals surface area (Å²) in [4.78, 5) is 0. The lowest BCUT2D eigenvalue weighted by molar-refractivity contribution is 0.163. The fourth-order valence-electron chi connectivity index (χ4n) is 2.57. The van der Waals surface area contributed by atoms with Crippen molar-refractivity contribution in [3.05, 3.63) is 29.8 Å². The molecule has 2 rings (SSSR count). The lowest BCUT2D eigenvalue weighted by Crippen LogP contribution is -2.42. The summed E-state index contributed by atoms with van der Waals surface area (Å²) in [5.41, 5.74) is 7.74. The van der Waals surface area contributed by atoms with Gasteiger partial charge in [-0.3, -0.25) is 0 Å². The van der Waals surface area contributed by atoms with Crippen LogP contribution in [0.1, 0.15) is 39.2 Å². The molecule has 1 aromatic rings. The minimum atomic E-state index is 0.132. The molecule has 1 aromatic carbocycles. The maximum Gasteiger partial charge on any atom is 0.122 e. The third-order valence-corrected chi connectivity index (χ3v) is 4.01. The summed E-state index contributed by atoms with van der Waals surface area (Å²) in [5.74, 6) is 1.01. The molecule has 1 saturated carbocycles. The van der Waals surface area contributed by atoms with Crippen LogP contribution in [0.4, 0.5) is 0 Å². The first-order chi connectivity index (χ1) is 8.04. The molecule has 2 N–H and O–H groups in total. The van der Waals surface area contributed by atoms with Gasteiger partial charge in [-0.05, 0) is 36.3 Å². The predicted octanol–water partition coefficient (Wildman–Crippen LogP) is 3.14. The molecule has 17 heavy (non-hydrogen) atoms. The van der Waals surface area contributed by atoms with E-state index >= 15 is 0 Å². The van der Waals surface area contributed by atoms with E-state index in [4.69, 9.17) is 10.5 Å². The molecule has 94 valence electrons. The van der Waals surface area contributed by atoms with Crippen molar-refractivity contribution in [2.75, 3.05) is 0 Å². The predicted molar refractivity (Wildman–Crippen MR) is 71.2 cm³/mol. The quantitative estimate of drug-likeness (QED) is 0.870. The molecule has 1 aliphatic carbocycles. The molecule has 2 unspecified atom stereocenters. The molecule has 0 spiro atoms. The van der Waals surface area contributed by atoms with Crippen molar-refractivity contribution in [2.45, 2.75) is 52.2 Å². The van der Waals surface area contributed by atoms with Gasteiger partial charge in [0.05, 0.1) is 0 Å². The molecule has 1 fully saturated rings. The normalized spacial score (nSPS) is 27.1. The number of nitrogens with two attached hydrogens (primary N) is 1. The van der Waals surface area contributed by atoms with Gasteiger partial charge in [-0.1, -0.05) is 39.0 Å². The van der Waals surface area contributed by atoms with Crippen molar-refractivity contribution in [2.24, 2.45) is 11.1 Å². The number of aryl methyl sites for hydroxylation is 1. The number of para-hydroxylation sites is 1. The lowest BCUT2D eigenvalue weighted by Gasteiger charge is -2.27. The molecular formula is C15H23NO. The summed E-state index contributed by atoms with van der Waals surface area (Å²) in [6.45, 7) is 6.61. The monoisotopic (exact) mass is 233 g/mol. The van der Waals surface area contributed by atoms with Gasteiger partial charge in [0.15, 0.2) is 0 Å². The van der Waals surface area contributed by atoms with Crippen molar-refractivity contribution >= 4 is 0 Å². The highest BCUT2D eigenvalue weighted by Crippen LogP contribution is 2.38. The van der Waals surface area contributed by atoms with Crippen LogP contribution in [0.5, 0.6) is 5.75 Å². The Labute approximate surface area is 104 Å². The highest BCUT2D eigenvalue weighted by atomic mass is 16.5. The third-order valence-electron chi connectivity index (χ3n) is 4.01. The minimum Gasteiger partial charge on any atom is -0.489 e. The molecule has 0 amide bonds. The molecule has 0 bridgehead atoms. The van der Waals surface area contributed by atoms with E-state index in [9.17, 15) is 0 Å². The fraction of sp³-hybridized carbons (Fsp3) is 0.600. The van der Waals surface area contributed by atoms with Gasteiger partial charge >= 0.3 is 0 Å². The SMILES string of the molecule is CCc1ccccc1OC1CCC(C)(C)C1N. The summed E-state index contributed by atoms with van der Waals surface area (Å²) < 4.78 is 6.12. The standard InChI is InChI=1S/C15H23NO/c1-4-11-7-5-6-8-12(11)17-13-9-10-15(2,3)14(13)16/h5-8,13-14H,4,9-10,16H2,1-3H3. The Balaban J connectivity index is 2.12. The van der Waals surface area contributed by atoms with Crippen LogP contribution in [0.3, 0.4) is 0 Å². The molecule has 2 nitrogen and oxygen atoms in total. The second-order valence-electron chi connectivity index (χ2n) is 5.67. The van der Waals surface area contributed by atoms with Gasteiger partial charge < -0.3 is 10.5 Å². The Bertz CT molecular complexity index is 386. The Morgan fingerprint density at radius 1 is 1.35 bits per heavy atom. The van der Waals surface area contributed by atoms with Crippen LogP contribution < -0.4 is 10.5 Å². The van der Waals surface area contributed by atoms with Crippen LogP contribution >= 0.6 is 0 Å². The zero-order valence-electron chi connectivity index (χ0n) is 11.1. The molecule has 0 aromatic heterocycles. The second-order valence-corrected chi connectivity index (χ2v) is 5.67. The molecular weight excluding hydrogens is 210 g/mol. The molecule has 0 aliphatic heterocycles. The highest BCUT2D eigenvalue weighted by Gasteiger charge is 2.40. The molecule has 2 heteroatoms. The molecule has 1 aliphatic rings. The number of rotatable bonds is 3. The van der Waals surface area contributed by atoms with E-state index in [0.717, 1.165) is 25.0 Å². The second kappa shape index (κ2) is 4.69. The first kappa shape index (κ1) is 12.4. The van der Waals surface area contributed by atoms with Crippen LogP contribution in [0.2, 0.25) is 0 Å². The van der Waals surface area contributed by atoms with E-state index in [1.54, 1.807) is 0 Å². The third kappa shape index (κ3) is 2.47. The topological polar surface area (TPSA) is 35.2 Å². The Morgan fingerprint density at radius 2 is 2.06 bits per heavy atom. The van der Waals surface area contributed by atoms with E-state index in [1.165, 1.54) is 5.56 Å². The average Bonchev–Trinajstić information content (AvgIpc) is 2.57. The lowest BCUT2D eigenvalue weighted by atomic mass is 9.88. The van der Waals surface area contributed by atoms with Crippen LogP contribution in [0.25, 0.3) is 0 Å². The van der Waals surface area contributed by atoms with Crippen LogP contribution in [0, 0.1) is 5.41 Å². The first-order valence-electron chi connectivity index (χ1n) is 6.54. The number of hydrogen-bond donors (Lipinski definition) is 1. The highest BCUT2D eigenvalue weighted by molar-refractivity contribution is 5.33. The maximum atomic E-state index is 6.27. The van der Waals surface area contributed by atoms with E-state index in [-0.39, 0.29) is 17.6 Å². The van der Waals surface area contributed by atoms with E-state index in [1.807, 2.05) is 6.07 Å². The summed E-state index contributed by atoms with van der Waals surface area (Å²) in [5, 5.41) is 0. The van der Waals surface area contributed by atoms with E-state index < -0.39 is 0 Å². The fourth-order valence-corrected chi connectivity index (χ4v) is 2.57. The Kier molecular flexibility index (Phi) is 3.43. The Hall–Kier alpha value is -1.02. The van der Waals surface area contributed by atoms with Crippen LogP contribution in [0.15, 0.2) is 24.3 Å². The van der Waals surface area contributed by atoms with Crippen molar-refractivity contribution in [3.8, 4) is 5.75 Å². The van der Waals surface area contributed by atoms with Gasteiger partial charge in [0, 0.05) is 6.04 Å². The number of ether oxygens (including phenoxy) is 1. The maximum absolute atomic E-state index is 6.27. The minimum absolute atomic E-state index is 0.132. The summed E-state index contributed by atoms with van der Waals surface area (Å²) in [6, 6.07) is 8.40. The molecule has 0 radical (unpaired) electrons. The van der Waals surface area contributed by atoms with Gasteiger partial charge in [-0.25, -0.2) is 0 Å². The zero-order valence-corrected chi connectivity index (χ0v) is 11.1. The smallest absolute Gasteiger partial charge is 0.122 e. The van der Waals surface area contributed by atoms with Gasteiger partial charge in [-0.15, -0.1) is 0 Å². The van der Waals surface area contributed by atoms with Gasteiger partial charge in [0.2, 0.25) is 0 Å². The number of hydrogen-bond acceptors (Lipinski definition) is 2. The van der Waals surface area contributed by atoms with Crippen molar-refractivity contribution in [1.29, 1.82) is 0 Å². The Morgan fingerprint density at radius 3 is 2.65 bits per heavy atom. The molecule has 2 atom stereocenters. The van der Waals surface area contributed by atoms with Crippen molar-refractivity contribution in [3.63, 3.8) is 0 Å². The summed E-state index contributed by atoms with van der Waals surface area (Å²) in [6.07, 6.45) is 3.37.